The molecule has 1 nitrogen and oxygen atoms in total. The summed E-state index contributed by atoms with van der Waals surface area (Å²) in [5, 5.41) is 3.46. The number of para-hydroxylation sites is 1. The van der Waals surface area contributed by atoms with Crippen LogP contribution in [-0.4, -0.2) is 6.54 Å². The topological polar surface area (TPSA) is 12.0 Å². The zero-order chi connectivity index (χ0) is 12.2. The molecule has 2 heteroatoms. The lowest BCUT2D eigenvalue weighted by Crippen LogP contribution is -2.00. The van der Waals surface area contributed by atoms with Crippen LogP contribution in [0.3, 0.4) is 0 Å². The average molecular weight is 270 g/mol. The molecule has 0 atom stereocenters. The number of halogens is 1. The Kier molecular flexibility index (Phi) is 12.3. The molecule has 0 aliphatic heterocycles. The molecule has 0 aromatic heterocycles. The Morgan fingerprint density at radius 1 is 0.778 bits per heavy atom. The fourth-order valence-electron chi connectivity index (χ4n) is 2.05. The van der Waals surface area contributed by atoms with Crippen LogP contribution in [0.4, 0.5) is 5.69 Å². The van der Waals surface area contributed by atoms with Crippen molar-refractivity contribution in [1.29, 1.82) is 0 Å². The number of nitrogens with one attached hydrogen (secondary N) is 1. The molecule has 0 fully saturated rings. The zero-order valence-electron chi connectivity index (χ0n) is 11.7. The van der Waals surface area contributed by atoms with Crippen molar-refractivity contribution in [2.75, 3.05) is 11.9 Å². The van der Waals surface area contributed by atoms with E-state index < -0.39 is 0 Å². The lowest BCUT2D eigenvalue weighted by Gasteiger charge is -2.05. The summed E-state index contributed by atoms with van der Waals surface area (Å²) >= 11 is 0. The summed E-state index contributed by atoms with van der Waals surface area (Å²) in [5.74, 6) is 0. The molecule has 1 aromatic rings. The van der Waals surface area contributed by atoms with Crippen molar-refractivity contribution in [2.24, 2.45) is 0 Å². The molecule has 0 heterocycles. The summed E-state index contributed by atoms with van der Waals surface area (Å²) < 4.78 is 0. The molecule has 1 rings (SSSR count). The molecule has 0 unspecified atom stereocenters. The van der Waals surface area contributed by atoms with Crippen molar-refractivity contribution >= 4 is 18.1 Å². The van der Waals surface area contributed by atoms with Crippen LogP contribution in [0.25, 0.3) is 0 Å². The summed E-state index contributed by atoms with van der Waals surface area (Å²) in [5.41, 5.74) is 1.25. The smallest absolute Gasteiger partial charge is 0.0340 e. The Morgan fingerprint density at radius 2 is 1.33 bits per heavy atom. The largest absolute Gasteiger partial charge is 0.385 e. The molecular weight excluding hydrogens is 242 g/mol. The third-order valence-corrected chi connectivity index (χ3v) is 3.13. The highest BCUT2D eigenvalue weighted by Crippen LogP contribution is 2.09. The highest BCUT2D eigenvalue weighted by molar-refractivity contribution is 5.85. The van der Waals surface area contributed by atoms with Gasteiger partial charge in [0.1, 0.15) is 0 Å². The van der Waals surface area contributed by atoms with Crippen molar-refractivity contribution in [3.8, 4) is 0 Å². The van der Waals surface area contributed by atoms with Crippen LogP contribution in [0.15, 0.2) is 30.3 Å². The highest BCUT2D eigenvalue weighted by Gasteiger charge is 1.92. The number of hydrogen-bond acceptors (Lipinski definition) is 1. The molecule has 104 valence electrons. The lowest BCUT2D eigenvalue weighted by molar-refractivity contribution is 0.581. The Morgan fingerprint density at radius 3 is 1.94 bits per heavy atom. The Bertz CT molecular complexity index is 261. The van der Waals surface area contributed by atoms with E-state index >= 15 is 0 Å². The van der Waals surface area contributed by atoms with Crippen molar-refractivity contribution in [1.82, 2.24) is 0 Å². The molecule has 0 radical (unpaired) electrons. The van der Waals surface area contributed by atoms with E-state index in [1.807, 2.05) is 0 Å². The number of anilines is 1. The normalized spacial score (nSPS) is 9.83. The van der Waals surface area contributed by atoms with Crippen LogP contribution in [0.5, 0.6) is 0 Å². The predicted octanol–water partition coefficient (Wildman–Crippen LogP) is 5.66. The molecule has 0 amide bonds. The molecule has 0 saturated carbocycles. The van der Waals surface area contributed by atoms with E-state index in [-0.39, 0.29) is 12.4 Å². The Hall–Kier alpha value is -0.690. The van der Waals surface area contributed by atoms with E-state index in [0.717, 1.165) is 6.54 Å². The van der Waals surface area contributed by atoms with Gasteiger partial charge < -0.3 is 5.32 Å². The average Bonchev–Trinajstić information content (AvgIpc) is 2.38. The first-order chi connectivity index (χ1) is 8.43. The molecule has 0 aliphatic rings. The third kappa shape index (κ3) is 9.35. The van der Waals surface area contributed by atoms with Gasteiger partial charge in [-0.1, -0.05) is 70.1 Å². The lowest BCUT2D eigenvalue weighted by atomic mass is 10.1. The van der Waals surface area contributed by atoms with E-state index in [4.69, 9.17) is 0 Å². The number of unbranched alkanes of at least 4 members (excludes halogenated alkanes) is 7. The zero-order valence-corrected chi connectivity index (χ0v) is 12.5. The molecule has 0 spiro atoms. The molecule has 0 aliphatic carbocycles. The van der Waals surface area contributed by atoms with Gasteiger partial charge in [0.15, 0.2) is 0 Å². The Balaban J connectivity index is 0.00000289. The van der Waals surface area contributed by atoms with Gasteiger partial charge in [0.25, 0.3) is 0 Å². The van der Waals surface area contributed by atoms with Gasteiger partial charge in [-0.3, -0.25) is 0 Å². The van der Waals surface area contributed by atoms with Gasteiger partial charge in [0.2, 0.25) is 0 Å². The second-order valence-corrected chi connectivity index (χ2v) is 4.77. The maximum atomic E-state index is 3.46. The summed E-state index contributed by atoms with van der Waals surface area (Å²) in [6, 6.07) is 10.5. The highest BCUT2D eigenvalue weighted by atomic mass is 35.5. The van der Waals surface area contributed by atoms with Crippen LogP contribution in [-0.2, 0) is 0 Å². The second-order valence-electron chi connectivity index (χ2n) is 4.77. The van der Waals surface area contributed by atoms with Crippen molar-refractivity contribution < 1.29 is 0 Å². The molecular formula is C16H28ClN. The van der Waals surface area contributed by atoms with Crippen molar-refractivity contribution in [2.45, 2.75) is 58.3 Å². The first-order valence-electron chi connectivity index (χ1n) is 7.22. The molecule has 1 N–H and O–H groups in total. The van der Waals surface area contributed by atoms with E-state index in [1.165, 1.54) is 57.1 Å². The van der Waals surface area contributed by atoms with E-state index in [9.17, 15) is 0 Å². The summed E-state index contributed by atoms with van der Waals surface area (Å²) in [6.07, 6.45) is 11.1. The molecule has 0 saturated heterocycles. The van der Waals surface area contributed by atoms with Crippen LogP contribution < -0.4 is 5.32 Å². The Labute approximate surface area is 119 Å². The SMILES string of the molecule is CCCCCCCCCCNc1ccccc1.Cl. The van der Waals surface area contributed by atoms with Gasteiger partial charge in [-0.05, 0) is 18.6 Å². The van der Waals surface area contributed by atoms with Crippen molar-refractivity contribution in [3.63, 3.8) is 0 Å². The van der Waals surface area contributed by atoms with Crippen LogP contribution in [0.2, 0.25) is 0 Å². The minimum Gasteiger partial charge on any atom is -0.385 e. The third-order valence-electron chi connectivity index (χ3n) is 3.13. The predicted molar refractivity (Wildman–Crippen MR) is 84.8 cm³/mol. The van der Waals surface area contributed by atoms with Crippen LogP contribution in [0.1, 0.15) is 58.3 Å². The van der Waals surface area contributed by atoms with E-state index in [2.05, 4.69) is 42.6 Å². The first-order valence-corrected chi connectivity index (χ1v) is 7.22. The van der Waals surface area contributed by atoms with Gasteiger partial charge >= 0.3 is 0 Å². The van der Waals surface area contributed by atoms with Gasteiger partial charge in [-0.2, -0.15) is 0 Å². The molecule has 18 heavy (non-hydrogen) atoms. The maximum absolute atomic E-state index is 3.46. The van der Waals surface area contributed by atoms with Gasteiger partial charge in [0.05, 0.1) is 0 Å². The van der Waals surface area contributed by atoms with Gasteiger partial charge in [0, 0.05) is 12.2 Å². The number of rotatable bonds is 10. The summed E-state index contributed by atoms with van der Waals surface area (Å²) in [4.78, 5) is 0. The minimum absolute atomic E-state index is 0. The standard InChI is InChI=1S/C16H27N.ClH/c1-2-3-4-5-6-7-8-12-15-17-16-13-10-9-11-14-16;/h9-11,13-14,17H,2-8,12,15H2,1H3;1H. The molecule has 1 aromatic carbocycles. The molecule has 0 bridgehead atoms. The van der Waals surface area contributed by atoms with E-state index in [0.29, 0.717) is 0 Å². The van der Waals surface area contributed by atoms with E-state index in [1.54, 1.807) is 0 Å². The fourth-order valence-corrected chi connectivity index (χ4v) is 2.05. The maximum Gasteiger partial charge on any atom is 0.0340 e. The number of benzene rings is 1. The number of hydrogen-bond donors (Lipinski definition) is 1. The minimum atomic E-state index is 0. The second kappa shape index (κ2) is 12.8. The van der Waals surface area contributed by atoms with Crippen LogP contribution in [0, 0.1) is 0 Å². The van der Waals surface area contributed by atoms with Crippen molar-refractivity contribution in [3.05, 3.63) is 30.3 Å². The first kappa shape index (κ1) is 17.3. The monoisotopic (exact) mass is 269 g/mol. The van der Waals surface area contributed by atoms with Gasteiger partial charge in [-0.15, -0.1) is 12.4 Å². The fraction of sp³-hybridized carbons (Fsp3) is 0.625. The quantitative estimate of drug-likeness (QED) is 0.540. The van der Waals surface area contributed by atoms with Gasteiger partial charge in [-0.25, -0.2) is 0 Å². The van der Waals surface area contributed by atoms with Crippen LogP contribution >= 0.6 is 12.4 Å². The summed E-state index contributed by atoms with van der Waals surface area (Å²) in [6.45, 7) is 3.38. The summed E-state index contributed by atoms with van der Waals surface area (Å²) in [7, 11) is 0.